The molecule has 0 fully saturated rings. The van der Waals surface area contributed by atoms with Crippen LogP contribution >= 0.6 is 0 Å². The van der Waals surface area contributed by atoms with Crippen LogP contribution in [0.3, 0.4) is 0 Å². The van der Waals surface area contributed by atoms with Crippen LogP contribution in [-0.2, 0) is 0 Å². The second-order valence-electron chi connectivity index (χ2n) is 20.2. The lowest BCUT2D eigenvalue weighted by Gasteiger charge is -2.30. The molecule has 2 nitrogen and oxygen atoms in total. The lowest BCUT2D eigenvalue weighted by Crippen LogP contribution is -2.54. The molecule has 1 heterocycles. The maximum absolute atomic E-state index is 7.14. The first-order chi connectivity index (χ1) is 34.1. The van der Waals surface area contributed by atoms with Crippen LogP contribution in [0.4, 0.5) is 17.1 Å². The molecule has 0 spiro atoms. The molecule has 0 radical (unpaired) electrons. The number of hydrogen-bond acceptors (Lipinski definition) is 2. The highest BCUT2D eigenvalue weighted by Gasteiger charge is 2.31. The van der Waals surface area contributed by atoms with E-state index in [0.29, 0.717) is 0 Å². The van der Waals surface area contributed by atoms with Crippen molar-refractivity contribution in [2.24, 2.45) is 0 Å². The quantitative estimate of drug-likeness (QED) is 0.106. The number of fused-ring (bicyclic) bond motifs is 6. The van der Waals surface area contributed by atoms with Crippen molar-refractivity contribution in [1.29, 1.82) is 0 Å². The zero-order valence-corrected chi connectivity index (χ0v) is 41.7. The van der Waals surface area contributed by atoms with Crippen molar-refractivity contribution in [3.05, 3.63) is 235 Å². The third kappa shape index (κ3) is 7.42. The molecule has 0 aliphatic carbocycles. The lowest BCUT2D eigenvalue weighted by molar-refractivity contribution is 0.487. The van der Waals surface area contributed by atoms with Gasteiger partial charge in [0.25, 0.3) is 0 Å². The van der Waals surface area contributed by atoms with E-state index in [1.54, 1.807) is 0 Å². The van der Waals surface area contributed by atoms with E-state index in [2.05, 4.69) is 264 Å². The number of rotatable bonds is 9. The monoisotopic (exact) mass is 915 g/mol. The van der Waals surface area contributed by atoms with Crippen LogP contribution in [0.25, 0.3) is 65.7 Å². The van der Waals surface area contributed by atoms with Crippen molar-refractivity contribution in [2.75, 3.05) is 4.90 Å². The third-order valence-corrected chi connectivity index (χ3v) is 16.8. The zero-order chi connectivity index (χ0) is 47.7. The maximum Gasteiger partial charge on any atom is 0.243 e. The Morgan fingerprint density at radius 3 is 1.74 bits per heavy atom. The molecule has 11 aromatic carbocycles. The number of ether oxygens (including phenoxy) is 1. The van der Waals surface area contributed by atoms with Gasteiger partial charge in [-0.1, -0.05) is 222 Å². The van der Waals surface area contributed by atoms with Gasteiger partial charge in [-0.2, -0.15) is 0 Å². The normalized spacial score (nSPS) is 12.0. The molecule has 1 aliphatic rings. The van der Waals surface area contributed by atoms with Gasteiger partial charge in [-0.15, -0.1) is 0 Å². The molecule has 4 heteroatoms. The van der Waals surface area contributed by atoms with E-state index in [1.807, 2.05) is 0 Å². The van der Waals surface area contributed by atoms with Gasteiger partial charge < -0.3 is 9.64 Å². The topological polar surface area (TPSA) is 12.5 Å². The summed E-state index contributed by atoms with van der Waals surface area (Å²) in [7, 11) is -1.53. The highest BCUT2D eigenvalue weighted by Crippen LogP contribution is 2.52. The predicted octanol–water partition coefficient (Wildman–Crippen LogP) is 15.7. The van der Waals surface area contributed by atoms with E-state index in [1.165, 1.54) is 93.0 Å². The molecule has 1 aliphatic heterocycles. The number of hydrogen-bond donors (Lipinski definition) is 0. The summed E-state index contributed by atoms with van der Waals surface area (Å²) in [6.45, 7) is 13.9. The molecule has 0 unspecified atom stereocenters. The van der Waals surface area contributed by atoms with Crippen molar-refractivity contribution in [2.45, 2.75) is 40.4 Å². The summed E-state index contributed by atoms with van der Waals surface area (Å²) < 4.78 is 7.14. The van der Waals surface area contributed by atoms with Crippen LogP contribution in [0.5, 0.6) is 11.5 Å². The Morgan fingerprint density at radius 1 is 0.400 bits per heavy atom. The fraction of sp³-hybridized carbons (Fsp3) is 0.0909. The molecule has 336 valence electrons. The molecular formula is C66H54BNOSi. The molecule has 11 aromatic rings. The molecule has 0 saturated heterocycles. The largest absolute Gasteiger partial charge is 0.456 e. The summed E-state index contributed by atoms with van der Waals surface area (Å²) in [5, 5.41) is 8.76. The van der Waals surface area contributed by atoms with Crippen molar-refractivity contribution < 1.29 is 4.74 Å². The second-order valence-corrected chi connectivity index (χ2v) is 25.3. The zero-order valence-electron chi connectivity index (χ0n) is 40.7. The van der Waals surface area contributed by atoms with E-state index in [9.17, 15) is 0 Å². The first-order valence-electron chi connectivity index (χ1n) is 24.6. The fourth-order valence-corrected chi connectivity index (χ4v) is 12.5. The Kier molecular flexibility index (Phi) is 10.7. The third-order valence-electron chi connectivity index (χ3n) is 14.7. The molecular weight excluding hydrogens is 862 g/mol. The molecule has 0 saturated carbocycles. The Hall–Kier alpha value is -7.92. The van der Waals surface area contributed by atoms with Crippen molar-refractivity contribution in [1.82, 2.24) is 0 Å². The van der Waals surface area contributed by atoms with E-state index in [4.69, 9.17) is 4.74 Å². The average Bonchev–Trinajstić information content (AvgIpc) is 3.38. The van der Waals surface area contributed by atoms with Gasteiger partial charge in [0, 0.05) is 34.0 Å². The van der Waals surface area contributed by atoms with Gasteiger partial charge in [-0.25, -0.2) is 0 Å². The second kappa shape index (κ2) is 17.2. The Labute approximate surface area is 413 Å². The van der Waals surface area contributed by atoms with Gasteiger partial charge in [0.2, 0.25) is 6.71 Å². The fourth-order valence-electron chi connectivity index (χ4n) is 11.3. The first-order valence-corrected chi connectivity index (χ1v) is 28.1. The van der Waals surface area contributed by atoms with E-state index in [0.717, 1.165) is 39.5 Å². The van der Waals surface area contributed by atoms with Crippen LogP contribution in [-0.4, -0.2) is 14.8 Å². The van der Waals surface area contributed by atoms with Crippen molar-refractivity contribution >= 4 is 85.7 Å². The number of aryl methyl sites for hydroxylation is 3. The summed E-state index contributed by atoms with van der Waals surface area (Å²) in [5.74, 6) is 1.73. The molecule has 12 rings (SSSR count). The van der Waals surface area contributed by atoms with Gasteiger partial charge >= 0.3 is 0 Å². The molecule has 0 atom stereocenters. The first kappa shape index (κ1) is 43.4. The summed E-state index contributed by atoms with van der Waals surface area (Å²) >= 11 is 0. The number of benzene rings is 11. The van der Waals surface area contributed by atoms with Crippen molar-refractivity contribution in [3.63, 3.8) is 0 Å². The summed E-state index contributed by atoms with van der Waals surface area (Å²) in [4.78, 5) is 2.41. The standard InChI is InChI=1S/C66H54BNOSi/c1-43-31-38-62(56(39-43)47-23-11-8-12-24-47)68(48-32-35-50(36-33-48)70(4,5)6)49-34-37-54-59-41-57-52-26-13-14-27-53(52)61(42-58(57)55-28-18-30-63(65(55)59)69-64(54)40-49)67(66-44(2)19-17-20-45(66)3)60-29-16-15-25-51(60)46-21-9-7-10-22-46/h7-42H,1-6H3. The molecule has 70 heavy (non-hydrogen) atoms. The highest BCUT2D eigenvalue weighted by atomic mass is 28.3. The van der Waals surface area contributed by atoms with Gasteiger partial charge in [0.15, 0.2) is 0 Å². The average molecular weight is 916 g/mol. The van der Waals surface area contributed by atoms with Gasteiger partial charge in [-0.3, -0.25) is 0 Å². The molecule has 0 bridgehead atoms. The van der Waals surface area contributed by atoms with E-state index < -0.39 is 8.07 Å². The minimum absolute atomic E-state index is 0.0289. The molecule has 0 aromatic heterocycles. The van der Waals surface area contributed by atoms with E-state index in [-0.39, 0.29) is 6.71 Å². The van der Waals surface area contributed by atoms with E-state index >= 15 is 0 Å². The molecule has 0 N–H and O–H groups in total. The van der Waals surface area contributed by atoms with Gasteiger partial charge in [0.05, 0.1) is 13.8 Å². The summed E-state index contributed by atoms with van der Waals surface area (Å²) in [5.41, 5.74) is 18.2. The van der Waals surface area contributed by atoms with Crippen LogP contribution in [0.15, 0.2) is 218 Å². The minimum Gasteiger partial charge on any atom is -0.456 e. The van der Waals surface area contributed by atoms with Crippen LogP contribution < -0.4 is 31.2 Å². The molecule has 0 amide bonds. The Morgan fingerprint density at radius 2 is 1.01 bits per heavy atom. The minimum atomic E-state index is -1.53. The number of anilines is 3. The van der Waals surface area contributed by atoms with Crippen LogP contribution in [0.1, 0.15) is 16.7 Å². The van der Waals surface area contributed by atoms with Gasteiger partial charge in [0.1, 0.15) is 11.5 Å². The number of nitrogens with zero attached hydrogens (tertiary/aromatic N) is 1. The summed E-state index contributed by atoms with van der Waals surface area (Å²) in [6, 6.07) is 80.9. The highest BCUT2D eigenvalue weighted by molar-refractivity contribution is 6.98. The Bertz CT molecular complexity index is 3800. The summed E-state index contributed by atoms with van der Waals surface area (Å²) in [6.07, 6.45) is 0. The maximum atomic E-state index is 7.14. The van der Waals surface area contributed by atoms with Crippen molar-refractivity contribution in [3.8, 4) is 44.9 Å². The van der Waals surface area contributed by atoms with Crippen LogP contribution in [0.2, 0.25) is 19.6 Å². The SMILES string of the molecule is Cc1ccc(N(c2ccc([Si](C)(C)C)cc2)c2ccc3c(c2)Oc2cccc4c2c-3cc2c3ccccc3c(B(c3ccccc3-c3ccccc3)c3c(C)cccc3C)cc42)c(-c2ccccc2)c1. The smallest absolute Gasteiger partial charge is 0.243 e. The van der Waals surface area contributed by atoms with Gasteiger partial charge in [-0.05, 0) is 118 Å². The van der Waals surface area contributed by atoms with Crippen LogP contribution in [0, 0.1) is 20.8 Å². The lowest BCUT2D eigenvalue weighted by atomic mass is 9.34. The predicted molar refractivity (Wildman–Crippen MR) is 305 cm³/mol. The Balaban J connectivity index is 1.07.